The molecule has 1 nitrogen and oxygen atoms in total. The molecule has 0 aliphatic rings. The summed E-state index contributed by atoms with van der Waals surface area (Å²) in [5, 5.41) is 2.47. The molecule has 0 heterocycles. The Bertz CT molecular complexity index is 1070. The minimum Gasteiger partial charge on any atom is -0.289 e. The van der Waals surface area contributed by atoms with Crippen LogP contribution in [0.1, 0.15) is 32.6 Å². The quantitative estimate of drug-likeness (QED) is 0.420. The number of fused-ring (bicyclic) bond motifs is 1. The van der Waals surface area contributed by atoms with E-state index in [9.17, 15) is 4.79 Å². The number of aryl methyl sites for hydroxylation is 1. The number of rotatable bonds is 4. The van der Waals surface area contributed by atoms with E-state index < -0.39 is 0 Å². The second-order valence-electron chi connectivity index (χ2n) is 6.67. The summed E-state index contributed by atoms with van der Waals surface area (Å²) in [7, 11) is 0. The van der Waals surface area contributed by atoms with Gasteiger partial charge in [-0.15, -0.1) is 0 Å². The molecular weight excluding hydrogens is 316 g/mol. The van der Waals surface area contributed by atoms with E-state index in [0.29, 0.717) is 0 Å². The maximum atomic E-state index is 13.0. The summed E-state index contributed by atoms with van der Waals surface area (Å²) in [4.78, 5) is 13.0. The number of benzene rings is 4. The van der Waals surface area contributed by atoms with Gasteiger partial charge in [-0.3, -0.25) is 4.79 Å². The minimum absolute atomic E-state index is 0.0841. The third kappa shape index (κ3) is 3.16. The fraction of sp³-hybridized carbons (Fsp3) is 0.0800. The van der Waals surface area contributed by atoms with Gasteiger partial charge in [-0.1, -0.05) is 96.6 Å². The highest BCUT2D eigenvalue weighted by Crippen LogP contribution is 2.24. The van der Waals surface area contributed by atoms with Gasteiger partial charge in [-0.2, -0.15) is 0 Å². The molecule has 0 aliphatic carbocycles. The second kappa shape index (κ2) is 6.97. The zero-order valence-electron chi connectivity index (χ0n) is 14.8. The molecule has 0 aliphatic heterocycles. The molecule has 4 rings (SSSR count). The van der Waals surface area contributed by atoms with E-state index in [1.807, 2.05) is 49.4 Å². The Labute approximate surface area is 153 Å². The first kappa shape index (κ1) is 16.3. The lowest BCUT2D eigenvalue weighted by atomic mass is 9.92. The van der Waals surface area contributed by atoms with Crippen LogP contribution in [-0.4, -0.2) is 5.78 Å². The number of carbonyl (C=O) groups is 1. The van der Waals surface area contributed by atoms with Crippen molar-refractivity contribution in [2.45, 2.75) is 13.3 Å². The van der Waals surface area contributed by atoms with Crippen molar-refractivity contribution in [3.05, 3.63) is 119 Å². The van der Waals surface area contributed by atoms with Gasteiger partial charge in [0, 0.05) is 11.1 Å². The molecule has 126 valence electrons. The first-order valence-corrected chi connectivity index (χ1v) is 8.88. The van der Waals surface area contributed by atoms with E-state index >= 15 is 0 Å². The van der Waals surface area contributed by atoms with Crippen molar-refractivity contribution in [3.63, 3.8) is 0 Å². The van der Waals surface area contributed by atoms with Crippen molar-refractivity contribution in [2.75, 3.05) is 0 Å². The van der Waals surface area contributed by atoms with Crippen LogP contribution in [0.2, 0.25) is 0 Å². The zero-order valence-corrected chi connectivity index (χ0v) is 14.8. The topological polar surface area (TPSA) is 17.1 Å². The summed E-state index contributed by atoms with van der Waals surface area (Å²) in [6.45, 7) is 2.03. The average Bonchev–Trinajstić information content (AvgIpc) is 2.69. The predicted octanol–water partition coefficient (Wildman–Crippen LogP) is 5.97. The molecule has 0 saturated heterocycles. The molecule has 4 aromatic rings. The van der Waals surface area contributed by atoms with E-state index in [4.69, 9.17) is 0 Å². The maximum absolute atomic E-state index is 13.0. The van der Waals surface area contributed by atoms with Crippen molar-refractivity contribution < 1.29 is 4.79 Å². The highest BCUT2D eigenvalue weighted by atomic mass is 16.1. The summed E-state index contributed by atoms with van der Waals surface area (Å²) in [5.41, 5.74) is 4.98. The molecule has 26 heavy (non-hydrogen) atoms. The normalized spacial score (nSPS) is 10.8. The minimum atomic E-state index is 0.0841. The largest absolute Gasteiger partial charge is 0.289 e. The molecule has 0 fully saturated rings. The van der Waals surface area contributed by atoms with Crippen LogP contribution in [0.4, 0.5) is 0 Å². The van der Waals surface area contributed by atoms with Crippen molar-refractivity contribution in [2.24, 2.45) is 0 Å². The van der Waals surface area contributed by atoms with Crippen LogP contribution in [0.5, 0.6) is 0 Å². The van der Waals surface area contributed by atoms with Crippen LogP contribution in [0, 0.1) is 6.92 Å². The van der Waals surface area contributed by atoms with Crippen molar-refractivity contribution in [1.82, 2.24) is 0 Å². The lowest BCUT2D eigenvalue weighted by molar-refractivity contribution is 0.103. The van der Waals surface area contributed by atoms with E-state index in [2.05, 4.69) is 48.5 Å². The SMILES string of the molecule is Cc1ccc(C(=O)c2ccccc2Cc2cccc3ccccc23)cc1. The van der Waals surface area contributed by atoms with Gasteiger partial charge in [0.1, 0.15) is 0 Å². The zero-order chi connectivity index (χ0) is 17.9. The summed E-state index contributed by atoms with van der Waals surface area (Å²) in [6, 6.07) is 30.5. The van der Waals surface area contributed by atoms with Gasteiger partial charge in [0.15, 0.2) is 5.78 Å². The van der Waals surface area contributed by atoms with Crippen molar-refractivity contribution >= 4 is 16.6 Å². The molecule has 0 spiro atoms. The van der Waals surface area contributed by atoms with E-state index in [-0.39, 0.29) is 5.78 Å². The standard InChI is InChI=1S/C25H20O/c1-18-13-15-20(16-14-18)25(26)24-12-5-3-8-22(24)17-21-10-6-9-19-7-2-4-11-23(19)21/h2-16H,17H2,1H3. The molecule has 0 N–H and O–H groups in total. The number of carbonyl (C=O) groups excluding carboxylic acids is 1. The molecule has 0 atom stereocenters. The Morgan fingerprint density at radius 1 is 0.692 bits per heavy atom. The Morgan fingerprint density at radius 3 is 2.19 bits per heavy atom. The van der Waals surface area contributed by atoms with Gasteiger partial charge in [0.05, 0.1) is 0 Å². The Kier molecular flexibility index (Phi) is 4.37. The number of ketones is 1. The summed E-state index contributed by atoms with van der Waals surface area (Å²) in [6.07, 6.45) is 0.745. The van der Waals surface area contributed by atoms with Crippen LogP contribution < -0.4 is 0 Å². The third-order valence-electron chi connectivity index (χ3n) is 4.84. The van der Waals surface area contributed by atoms with Gasteiger partial charge in [0.2, 0.25) is 0 Å². The molecule has 0 bridgehead atoms. The van der Waals surface area contributed by atoms with E-state index in [1.54, 1.807) is 0 Å². The van der Waals surface area contributed by atoms with E-state index in [1.165, 1.54) is 16.3 Å². The Hall–Kier alpha value is -3.19. The monoisotopic (exact) mass is 336 g/mol. The molecule has 0 saturated carbocycles. The van der Waals surface area contributed by atoms with Gasteiger partial charge in [-0.05, 0) is 35.2 Å². The molecule has 0 amide bonds. The lowest BCUT2D eigenvalue weighted by Gasteiger charge is -2.11. The summed E-state index contributed by atoms with van der Waals surface area (Å²) in [5.74, 6) is 0.0841. The first-order chi connectivity index (χ1) is 12.7. The number of hydrogen-bond acceptors (Lipinski definition) is 1. The lowest BCUT2D eigenvalue weighted by Crippen LogP contribution is -2.06. The first-order valence-electron chi connectivity index (χ1n) is 8.88. The van der Waals surface area contributed by atoms with Gasteiger partial charge in [0.25, 0.3) is 0 Å². The molecular formula is C25H20O. The maximum Gasteiger partial charge on any atom is 0.193 e. The van der Waals surface area contributed by atoms with Crippen LogP contribution in [0.25, 0.3) is 10.8 Å². The molecule has 4 aromatic carbocycles. The van der Waals surface area contributed by atoms with Crippen LogP contribution in [0.3, 0.4) is 0 Å². The highest BCUT2D eigenvalue weighted by molar-refractivity contribution is 6.10. The smallest absolute Gasteiger partial charge is 0.193 e. The molecule has 0 radical (unpaired) electrons. The Balaban J connectivity index is 1.74. The summed E-state index contributed by atoms with van der Waals surface area (Å²) >= 11 is 0. The Morgan fingerprint density at radius 2 is 1.35 bits per heavy atom. The van der Waals surface area contributed by atoms with Crippen molar-refractivity contribution in [3.8, 4) is 0 Å². The van der Waals surface area contributed by atoms with Crippen LogP contribution in [0.15, 0.2) is 91.0 Å². The van der Waals surface area contributed by atoms with Crippen LogP contribution in [-0.2, 0) is 6.42 Å². The summed E-state index contributed by atoms with van der Waals surface area (Å²) < 4.78 is 0. The van der Waals surface area contributed by atoms with Crippen molar-refractivity contribution in [1.29, 1.82) is 0 Å². The third-order valence-corrected chi connectivity index (χ3v) is 4.84. The van der Waals surface area contributed by atoms with Gasteiger partial charge < -0.3 is 0 Å². The van der Waals surface area contributed by atoms with E-state index in [0.717, 1.165) is 28.7 Å². The van der Waals surface area contributed by atoms with Gasteiger partial charge in [-0.25, -0.2) is 0 Å². The number of hydrogen-bond donors (Lipinski definition) is 0. The molecule has 0 unspecified atom stereocenters. The molecule has 1 heteroatoms. The fourth-order valence-corrected chi connectivity index (χ4v) is 3.41. The van der Waals surface area contributed by atoms with Gasteiger partial charge >= 0.3 is 0 Å². The second-order valence-corrected chi connectivity index (χ2v) is 6.67. The molecule has 0 aromatic heterocycles. The van der Waals surface area contributed by atoms with Crippen LogP contribution >= 0.6 is 0 Å². The average molecular weight is 336 g/mol. The predicted molar refractivity (Wildman–Crippen MR) is 108 cm³/mol. The highest BCUT2D eigenvalue weighted by Gasteiger charge is 2.14. The fourth-order valence-electron chi connectivity index (χ4n) is 3.41.